The van der Waals surface area contributed by atoms with Crippen LogP contribution in [0.15, 0.2) is 4.47 Å². The van der Waals surface area contributed by atoms with Crippen LogP contribution in [0.5, 0.6) is 0 Å². The van der Waals surface area contributed by atoms with Crippen molar-refractivity contribution in [2.24, 2.45) is 5.73 Å². The van der Waals surface area contributed by atoms with Crippen molar-refractivity contribution in [3.8, 4) is 0 Å². The van der Waals surface area contributed by atoms with Crippen LogP contribution in [-0.4, -0.2) is 33.8 Å². The molecule has 1 aliphatic rings. The predicted molar refractivity (Wildman–Crippen MR) is 82.0 cm³/mol. The van der Waals surface area contributed by atoms with E-state index in [0.717, 1.165) is 36.1 Å². The fourth-order valence-corrected chi connectivity index (χ4v) is 3.34. The lowest BCUT2D eigenvalue weighted by Gasteiger charge is -2.33. The van der Waals surface area contributed by atoms with Crippen LogP contribution in [0.2, 0.25) is 0 Å². The van der Waals surface area contributed by atoms with Gasteiger partial charge >= 0.3 is 0 Å². The second-order valence-corrected chi connectivity index (χ2v) is 6.44. The van der Waals surface area contributed by atoms with E-state index >= 15 is 0 Å². The Morgan fingerprint density at radius 1 is 1.37 bits per heavy atom. The SMILES string of the molecule is CCn1nc(C)c(Br)c1CN(C)C1CCC(N)CC1. The van der Waals surface area contributed by atoms with E-state index in [2.05, 4.69) is 51.5 Å². The molecule has 0 aromatic carbocycles. The summed E-state index contributed by atoms with van der Waals surface area (Å²) >= 11 is 3.67. The van der Waals surface area contributed by atoms with Gasteiger partial charge in [0.15, 0.2) is 0 Å². The molecule has 0 unspecified atom stereocenters. The number of hydrogen-bond donors (Lipinski definition) is 1. The maximum Gasteiger partial charge on any atom is 0.0739 e. The zero-order valence-electron chi connectivity index (χ0n) is 12.2. The third-order valence-electron chi connectivity index (χ3n) is 4.22. The minimum atomic E-state index is 0.416. The van der Waals surface area contributed by atoms with Gasteiger partial charge in [-0.15, -0.1) is 0 Å². The molecule has 0 aliphatic heterocycles. The summed E-state index contributed by atoms with van der Waals surface area (Å²) in [4.78, 5) is 2.46. The van der Waals surface area contributed by atoms with Crippen molar-refractivity contribution in [3.63, 3.8) is 0 Å². The van der Waals surface area contributed by atoms with Gasteiger partial charge in [-0.3, -0.25) is 9.58 Å². The molecule has 0 bridgehead atoms. The van der Waals surface area contributed by atoms with Gasteiger partial charge in [0.2, 0.25) is 0 Å². The van der Waals surface area contributed by atoms with Gasteiger partial charge in [-0.2, -0.15) is 5.10 Å². The Balaban J connectivity index is 2.04. The Morgan fingerprint density at radius 2 is 2.00 bits per heavy atom. The Hall–Kier alpha value is -0.390. The molecule has 2 N–H and O–H groups in total. The molecule has 0 atom stereocenters. The lowest BCUT2D eigenvalue weighted by atomic mass is 9.91. The van der Waals surface area contributed by atoms with E-state index in [0.29, 0.717) is 12.1 Å². The summed E-state index contributed by atoms with van der Waals surface area (Å²) in [6, 6.07) is 1.08. The molecule has 1 heterocycles. The Bertz CT molecular complexity index is 421. The minimum Gasteiger partial charge on any atom is -0.328 e. The van der Waals surface area contributed by atoms with Crippen molar-refractivity contribution in [3.05, 3.63) is 15.9 Å². The van der Waals surface area contributed by atoms with Crippen LogP contribution in [0.4, 0.5) is 0 Å². The van der Waals surface area contributed by atoms with Gasteiger partial charge in [-0.05, 0) is 62.5 Å². The van der Waals surface area contributed by atoms with E-state index in [-0.39, 0.29) is 0 Å². The Kier molecular flexibility index (Phi) is 5.03. The molecule has 4 nitrogen and oxygen atoms in total. The first kappa shape index (κ1) is 15.0. The highest BCUT2D eigenvalue weighted by Gasteiger charge is 2.23. The summed E-state index contributed by atoms with van der Waals surface area (Å²) < 4.78 is 3.26. The van der Waals surface area contributed by atoms with Gasteiger partial charge in [0, 0.05) is 25.2 Å². The molecule has 0 radical (unpaired) electrons. The van der Waals surface area contributed by atoms with E-state index in [4.69, 9.17) is 5.73 Å². The number of nitrogens with two attached hydrogens (primary N) is 1. The van der Waals surface area contributed by atoms with Crippen LogP contribution in [-0.2, 0) is 13.1 Å². The van der Waals surface area contributed by atoms with Gasteiger partial charge in [-0.25, -0.2) is 0 Å². The predicted octanol–water partition coefficient (Wildman–Crippen LogP) is 2.68. The van der Waals surface area contributed by atoms with Crippen molar-refractivity contribution < 1.29 is 0 Å². The number of aryl methyl sites for hydroxylation is 2. The molecule has 5 heteroatoms. The lowest BCUT2D eigenvalue weighted by molar-refractivity contribution is 0.172. The topological polar surface area (TPSA) is 47.1 Å². The fourth-order valence-electron chi connectivity index (χ4n) is 2.93. The average molecular weight is 329 g/mol. The van der Waals surface area contributed by atoms with Crippen LogP contribution in [0.1, 0.15) is 44.0 Å². The largest absolute Gasteiger partial charge is 0.328 e. The maximum absolute atomic E-state index is 5.98. The second kappa shape index (κ2) is 6.37. The van der Waals surface area contributed by atoms with Crippen molar-refractivity contribution in [1.82, 2.24) is 14.7 Å². The molecular formula is C14H25BrN4. The monoisotopic (exact) mass is 328 g/mol. The number of halogens is 1. The van der Waals surface area contributed by atoms with Crippen LogP contribution in [0.25, 0.3) is 0 Å². The molecule has 108 valence electrons. The highest BCUT2D eigenvalue weighted by atomic mass is 79.9. The van der Waals surface area contributed by atoms with Gasteiger partial charge < -0.3 is 5.73 Å². The Labute approximate surface area is 124 Å². The molecule has 0 amide bonds. The third-order valence-corrected chi connectivity index (χ3v) is 5.25. The van der Waals surface area contributed by atoms with E-state index in [1.54, 1.807) is 0 Å². The van der Waals surface area contributed by atoms with E-state index in [9.17, 15) is 0 Å². The summed E-state index contributed by atoms with van der Waals surface area (Å²) in [5.41, 5.74) is 8.35. The van der Waals surface area contributed by atoms with Crippen LogP contribution < -0.4 is 5.73 Å². The molecule has 1 fully saturated rings. The van der Waals surface area contributed by atoms with E-state index in [1.165, 1.54) is 18.5 Å². The van der Waals surface area contributed by atoms with Crippen LogP contribution in [0.3, 0.4) is 0 Å². The first-order valence-corrected chi connectivity index (χ1v) is 7.99. The summed E-state index contributed by atoms with van der Waals surface area (Å²) in [5, 5.41) is 4.56. The molecule has 0 saturated heterocycles. The quantitative estimate of drug-likeness (QED) is 0.924. The Morgan fingerprint density at radius 3 is 2.58 bits per heavy atom. The standard InChI is InChI=1S/C14H25BrN4/c1-4-19-13(14(15)10(2)17-19)9-18(3)12-7-5-11(16)6-8-12/h11-12H,4-9,16H2,1-3H3. The molecule has 0 spiro atoms. The first-order chi connectivity index (χ1) is 9.02. The highest BCUT2D eigenvalue weighted by Crippen LogP contribution is 2.26. The van der Waals surface area contributed by atoms with Crippen molar-refractivity contribution in [2.75, 3.05) is 7.05 Å². The summed E-state index contributed by atoms with van der Waals surface area (Å²) in [6.45, 7) is 6.07. The number of rotatable bonds is 4. The summed E-state index contributed by atoms with van der Waals surface area (Å²) in [5.74, 6) is 0. The molecule has 1 aromatic rings. The smallest absolute Gasteiger partial charge is 0.0739 e. The number of nitrogens with zero attached hydrogens (tertiary/aromatic N) is 3. The normalized spacial score (nSPS) is 24.1. The molecular weight excluding hydrogens is 304 g/mol. The highest BCUT2D eigenvalue weighted by molar-refractivity contribution is 9.10. The summed E-state index contributed by atoms with van der Waals surface area (Å²) in [7, 11) is 2.22. The maximum atomic E-state index is 5.98. The minimum absolute atomic E-state index is 0.416. The van der Waals surface area contributed by atoms with Crippen LogP contribution in [0, 0.1) is 6.92 Å². The van der Waals surface area contributed by atoms with Crippen molar-refractivity contribution in [2.45, 2.75) is 64.7 Å². The van der Waals surface area contributed by atoms with E-state index < -0.39 is 0 Å². The zero-order chi connectivity index (χ0) is 14.0. The second-order valence-electron chi connectivity index (χ2n) is 5.65. The molecule has 1 aromatic heterocycles. The zero-order valence-corrected chi connectivity index (χ0v) is 13.8. The van der Waals surface area contributed by atoms with Crippen molar-refractivity contribution in [1.29, 1.82) is 0 Å². The van der Waals surface area contributed by atoms with Gasteiger partial charge in [0.25, 0.3) is 0 Å². The third kappa shape index (κ3) is 3.38. The first-order valence-electron chi connectivity index (χ1n) is 7.20. The average Bonchev–Trinajstić information content (AvgIpc) is 2.67. The molecule has 1 aliphatic carbocycles. The van der Waals surface area contributed by atoms with Gasteiger partial charge in [-0.1, -0.05) is 0 Å². The molecule has 19 heavy (non-hydrogen) atoms. The van der Waals surface area contributed by atoms with Crippen molar-refractivity contribution >= 4 is 15.9 Å². The lowest BCUT2D eigenvalue weighted by Crippen LogP contribution is -2.38. The van der Waals surface area contributed by atoms with Crippen LogP contribution >= 0.6 is 15.9 Å². The number of hydrogen-bond acceptors (Lipinski definition) is 3. The summed E-state index contributed by atoms with van der Waals surface area (Å²) in [6.07, 6.45) is 4.74. The fraction of sp³-hybridized carbons (Fsp3) is 0.786. The van der Waals surface area contributed by atoms with Gasteiger partial charge in [0.05, 0.1) is 15.9 Å². The van der Waals surface area contributed by atoms with Gasteiger partial charge in [0.1, 0.15) is 0 Å². The van der Waals surface area contributed by atoms with E-state index in [1.807, 2.05) is 0 Å². The number of aromatic nitrogens is 2. The molecule has 2 rings (SSSR count). The molecule has 1 saturated carbocycles.